The Balaban J connectivity index is 1.60. The minimum atomic E-state index is -0.826. The summed E-state index contributed by atoms with van der Waals surface area (Å²) >= 11 is 0. The Morgan fingerprint density at radius 1 is 1.15 bits per heavy atom. The Bertz CT molecular complexity index is 698. The molecular weight excluding hydrogens is 351 g/mol. The van der Waals surface area contributed by atoms with E-state index in [1.165, 1.54) is 12.1 Å². The summed E-state index contributed by atoms with van der Waals surface area (Å²) in [5, 5.41) is 5.39. The van der Waals surface area contributed by atoms with Crippen LogP contribution in [0.15, 0.2) is 24.3 Å². The molecule has 1 aliphatic heterocycles. The van der Waals surface area contributed by atoms with Gasteiger partial charge >= 0.3 is 5.97 Å². The number of nitrogens with one attached hydrogen (secondary N) is 2. The number of ether oxygens (including phenoxy) is 1. The fraction of sp³-hybridized carbons (Fsp3) is 0.550. The molecule has 2 N–H and O–H groups in total. The topological polar surface area (TPSA) is 84.5 Å². The Hall–Kier alpha value is -2.44. The van der Waals surface area contributed by atoms with E-state index in [9.17, 15) is 18.8 Å². The molecule has 2 fully saturated rings. The molecule has 7 heteroatoms. The van der Waals surface area contributed by atoms with Gasteiger partial charge in [0.05, 0.1) is 5.41 Å². The summed E-state index contributed by atoms with van der Waals surface area (Å²) in [5.74, 6) is -1.52. The van der Waals surface area contributed by atoms with Gasteiger partial charge in [-0.3, -0.25) is 14.4 Å². The number of amides is 2. The first kappa shape index (κ1) is 19.3. The summed E-state index contributed by atoms with van der Waals surface area (Å²) in [4.78, 5) is 36.8. The van der Waals surface area contributed by atoms with Crippen molar-refractivity contribution < 1.29 is 23.5 Å². The number of esters is 1. The van der Waals surface area contributed by atoms with Gasteiger partial charge in [0.25, 0.3) is 5.91 Å². The molecule has 1 aromatic carbocycles. The van der Waals surface area contributed by atoms with E-state index in [1.807, 2.05) is 0 Å². The van der Waals surface area contributed by atoms with Crippen LogP contribution in [0.4, 0.5) is 4.39 Å². The Morgan fingerprint density at radius 2 is 1.85 bits per heavy atom. The lowest BCUT2D eigenvalue weighted by molar-refractivity contribution is -0.154. The zero-order valence-electron chi connectivity index (χ0n) is 15.3. The van der Waals surface area contributed by atoms with E-state index in [-0.39, 0.29) is 11.7 Å². The third-order valence-corrected chi connectivity index (χ3v) is 5.45. The SMILES string of the molecule is O=C(COC(=O)C1(c2ccc(F)cc2)CCCC1)NC1CCCCNC1=O. The van der Waals surface area contributed by atoms with E-state index >= 15 is 0 Å². The molecule has 2 amide bonds. The number of rotatable bonds is 5. The van der Waals surface area contributed by atoms with Gasteiger partial charge in [0.15, 0.2) is 6.61 Å². The van der Waals surface area contributed by atoms with Crippen molar-refractivity contribution in [2.45, 2.75) is 56.4 Å². The van der Waals surface area contributed by atoms with Crippen molar-refractivity contribution >= 4 is 17.8 Å². The lowest BCUT2D eigenvalue weighted by Gasteiger charge is -2.27. The summed E-state index contributed by atoms with van der Waals surface area (Å²) in [6.45, 7) is 0.186. The number of benzene rings is 1. The third kappa shape index (κ3) is 4.46. The molecule has 3 rings (SSSR count). The molecule has 6 nitrogen and oxygen atoms in total. The Morgan fingerprint density at radius 3 is 2.56 bits per heavy atom. The number of carbonyl (C=O) groups is 3. The molecule has 1 saturated carbocycles. The van der Waals surface area contributed by atoms with Gasteiger partial charge in [-0.25, -0.2) is 4.39 Å². The molecule has 27 heavy (non-hydrogen) atoms. The monoisotopic (exact) mass is 376 g/mol. The smallest absolute Gasteiger partial charge is 0.317 e. The lowest BCUT2D eigenvalue weighted by Crippen LogP contribution is -2.47. The van der Waals surface area contributed by atoms with Gasteiger partial charge in [0, 0.05) is 6.54 Å². The van der Waals surface area contributed by atoms with Crippen LogP contribution in [0.3, 0.4) is 0 Å². The van der Waals surface area contributed by atoms with Crippen molar-refractivity contribution in [3.8, 4) is 0 Å². The highest BCUT2D eigenvalue weighted by Crippen LogP contribution is 2.42. The van der Waals surface area contributed by atoms with Crippen LogP contribution in [-0.4, -0.2) is 37.0 Å². The molecule has 1 heterocycles. The second-order valence-corrected chi connectivity index (χ2v) is 7.28. The van der Waals surface area contributed by atoms with Crippen LogP contribution in [0, 0.1) is 5.82 Å². The van der Waals surface area contributed by atoms with Crippen molar-refractivity contribution in [2.24, 2.45) is 0 Å². The first-order chi connectivity index (χ1) is 13.0. The molecule has 0 spiro atoms. The summed E-state index contributed by atoms with van der Waals surface area (Å²) in [6, 6.07) is 5.30. The molecule has 1 atom stereocenters. The molecule has 0 aromatic heterocycles. The highest BCUT2D eigenvalue weighted by Gasteiger charge is 2.44. The average Bonchev–Trinajstić information content (AvgIpc) is 3.08. The minimum absolute atomic E-state index is 0.203. The second-order valence-electron chi connectivity index (χ2n) is 7.28. The fourth-order valence-electron chi connectivity index (χ4n) is 3.94. The van der Waals surface area contributed by atoms with E-state index in [0.717, 1.165) is 31.2 Å². The van der Waals surface area contributed by atoms with Crippen LogP contribution in [-0.2, 0) is 24.5 Å². The van der Waals surface area contributed by atoms with E-state index in [2.05, 4.69) is 10.6 Å². The van der Waals surface area contributed by atoms with Gasteiger partial charge in [-0.05, 0) is 49.8 Å². The molecule has 2 aliphatic rings. The molecule has 0 bridgehead atoms. The van der Waals surface area contributed by atoms with Crippen molar-refractivity contribution in [1.82, 2.24) is 10.6 Å². The summed E-state index contributed by atoms with van der Waals surface area (Å²) in [5.41, 5.74) is -0.108. The summed E-state index contributed by atoms with van der Waals surface area (Å²) < 4.78 is 18.5. The maximum atomic E-state index is 13.2. The zero-order valence-corrected chi connectivity index (χ0v) is 15.3. The number of carbonyl (C=O) groups excluding carboxylic acids is 3. The van der Waals surface area contributed by atoms with E-state index in [1.54, 1.807) is 12.1 Å². The minimum Gasteiger partial charge on any atom is -0.455 e. The van der Waals surface area contributed by atoms with Crippen molar-refractivity contribution in [1.29, 1.82) is 0 Å². The molecular formula is C20H25FN2O4. The second kappa shape index (κ2) is 8.50. The molecule has 146 valence electrons. The largest absolute Gasteiger partial charge is 0.455 e. The van der Waals surface area contributed by atoms with Crippen LogP contribution in [0.25, 0.3) is 0 Å². The lowest BCUT2D eigenvalue weighted by atomic mass is 9.79. The number of halogens is 1. The number of hydrogen-bond acceptors (Lipinski definition) is 4. The summed E-state index contributed by atoms with van der Waals surface area (Å²) in [6.07, 6.45) is 5.28. The highest BCUT2D eigenvalue weighted by molar-refractivity contribution is 5.90. The quantitative estimate of drug-likeness (QED) is 0.770. The Kier molecular flexibility index (Phi) is 6.08. The predicted molar refractivity (Wildman–Crippen MR) is 96.3 cm³/mol. The van der Waals surface area contributed by atoms with E-state index in [4.69, 9.17) is 4.74 Å². The van der Waals surface area contributed by atoms with Crippen LogP contribution >= 0.6 is 0 Å². The van der Waals surface area contributed by atoms with E-state index in [0.29, 0.717) is 25.8 Å². The van der Waals surface area contributed by atoms with Crippen LogP contribution < -0.4 is 10.6 Å². The highest BCUT2D eigenvalue weighted by atomic mass is 19.1. The molecule has 1 aliphatic carbocycles. The van der Waals surface area contributed by atoms with Crippen molar-refractivity contribution in [3.63, 3.8) is 0 Å². The van der Waals surface area contributed by atoms with Crippen molar-refractivity contribution in [3.05, 3.63) is 35.6 Å². The maximum absolute atomic E-state index is 13.2. The van der Waals surface area contributed by atoms with Crippen LogP contribution in [0.2, 0.25) is 0 Å². The molecule has 1 unspecified atom stereocenters. The standard InChI is InChI=1S/C20H25FN2O4/c21-15-8-6-14(7-9-15)20(10-2-3-11-20)19(26)27-13-17(24)23-16-5-1-4-12-22-18(16)25/h6-9,16H,1-5,10-13H2,(H,22,25)(H,23,24). The third-order valence-electron chi connectivity index (χ3n) is 5.45. The van der Waals surface area contributed by atoms with Crippen molar-refractivity contribution in [2.75, 3.05) is 13.2 Å². The maximum Gasteiger partial charge on any atom is 0.317 e. The van der Waals surface area contributed by atoms with Gasteiger partial charge in [0.1, 0.15) is 11.9 Å². The molecule has 0 radical (unpaired) electrons. The number of hydrogen-bond donors (Lipinski definition) is 2. The van der Waals surface area contributed by atoms with Gasteiger partial charge in [-0.2, -0.15) is 0 Å². The molecule has 1 aromatic rings. The first-order valence-corrected chi connectivity index (χ1v) is 9.52. The van der Waals surface area contributed by atoms with Crippen LogP contribution in [0.5, 0.6) is 0 Å². The van der Waals surface area contributed by atoms with E-state index < -0.39 is 29.9 Å². The average molecular weight is 376 g/mol. The van der Waals surface area contributed by atoms with Gasteiger partial charge in [0.2, 0.25) is 5.91 Å². The predicted octanol–water partition coefficient (Wildman–Crippen LogP) is 1.97. The van der Waals surface area contributed by atoms with Gasteiger partial charge in [-0.15, -0.1) is 0 Å². The van der Waals surface area contributed by atoms with Gasteiger partial charge < -0.3 is 15.4 Å². The fourth-order valence-corrected chi connectivity index (χ4v) is 3.94. The first-order valence-electron chi connectivity index (χ1n) is 9.52. The van der Waals surface area contributed by atoms with Gasteiger partial charge in [-0.1, -0.05) is 25.0 Å². The summed E-state index contributed by atoms with van der Waals surface area (Å²) in [7, 11) is 0. The molecule has 1 saturated heterocycles. The Labute approximate surface area is 157 Å². The normalized spacial score (nSPS) is 21.8. The van der Waals surface area contributed by atoms with Crippen LogP contribution in [0.1, 0.15) is 50.5 Å². The zero-order chi connectivity index (χ0) is 19.3.